The van der Waals surface area contributed by atoms with Gasteiger partial charge in [0.15, 0.2) is 0 Å². The number of carboxylic acid groups (broad SMARTS) is 1. The van der Waals surface area contributed by atoms with Crippen LogP contribution in [0.25, 0.3) is 0 Å². The second-order valence-electron chi connectivity index (χ2n) is 2.55. The highest BCUT2D eigenvalue weighted by Gasteiger charge is 2.18. The monoisotopic (exact) mass is 265 g/mol. The summed E-state index contributed by atoms with van der Waals surface area (Å²) < 4.78 is 24.9. The van der Waals surface area contributed by atoms with Crippen LogP contribution in [0.2, 0.25) is 0 Å². The maximum Gasteiger partial charge on any atom is 0.307 e. The van der Waals surface area contributed by atoms with Crippen molar-refractivity contribution < 1.29 is 18.7 Å². The van der Waals surface area contributed by atoms with Gasteiger partial charge in [0.1, 0.15) is 4.60 Å². The van der Waals surface area contributed by atoms with E-state index in [2.05, 4.69) is 20.9 Å². The van der Waals surface area contributed by atoms with Crippen LogP contribution in [0.15, 0.2) is 16.9 Å². The lowest BCUT2D eigenvalue weighted by Crippen LogP contribution is -2.05. The average molecular weight is 266 g/mol. The standard InChI is InChI=1S/C8H6BrF2NO2/c9-7-6(8(10)11)4(1-2-12-7)3-5(13)14/h1-2,8H,3H2,(H,13,14). The van der Waals surface area contributed by atoms with Gasteiger partial charge in [-0.2, -0.15) is 0 Å². The van der Waals surface area contributed by atoms with Crippen LogP contribution in [0.5, 0.6) is 0 Å². The van der Waals surface area contributed by atoms with E-state index in [-0.39, 0.29) is 15.7 Å². The van der Waals surface area contributed by atoms with E-state index in [9.17, 15) is 13.6 Å². The molecule has 3 nitrogen and oxygen atoms in total. The van der Waals surface area contributed by atoms with Crippen LogP contribution >= 0.6 is 15.9 Å². The Morgan fingerprint density at radius 3 is 2.79 bits per heavy atom. The molecule has 0 aliphatic heterocycles. The van der Waals surface area contributed by atoms with E-state index in [1.807, 2.05) is 0 Å². The highest BCUT2D eigenvalue weighted by Crippen LogP contribution is 2.29. The third kappa shape index (κ3) is 2.47. The Hall–Kier alpha value is -1.04. The van der Waals surface area contributed by atoms with Gasteiger partial charge >= 0.3 is 5.97 Å². The summed E-state index contributed by atoms with van der Waals surface area (Å²) in [6, 6.07) is 1.28. The van der Waals surface area contributed by atoms with Gasteiger partial charge in [-0.15, -0.1) is 0 Å². The molecule has 76 valence electrons. The van der Waals surface area contributed by atoms with E-state index in [1.54, 1.807) is 0 Å². The predicted octanol–water partition coefficient (Wildman–Crippen LogP) is 2.41. The number of halogens is 3. The lowest BCUT2D eigenvalue weighted by atomic mass is 10.1. The third-order valence-corrected chi connectivity index (χ3v) is 2.22. The van der Waals surface area contributed by atoms with Gasteiger partial charge in [-0.3, -0.25) is 4.79 Å². The van der Waals surface area contributed by atoms with Crippen molar-refractivity contribution in [2.45, 2.75) is 12.8 Å². The van der Waals surface area contributed by atoms with Gasteiger partial charge < -0.3 is 5.11 Å². The molecule has 0 atom stereocenters. The molecule has 1 heterocycles. The van der Waals surface area contributed by atoms with E-state index < -0.39 is 18.8 Å². The summed E-state index contributed by atoms with van der Waals surface area (Å²) in [6.07, 6.45) is -1.87. The van der Waals surface area contributed by atoms with Crippen molar-refractivity contribution in [2.24, 2.45) is 0 Å². The lowest BCUT2D eigenvalue weighted by Gasteiger charge is -2.07. The van der Waals surface area contributed by atoms with Crippen molar-refractivity contribution in [3.05, 3.63) is 28.0 Å². The van der Waals surface area contributed by atoms with Crippen molar-refractivity contribution in [2.75, 3.05) is 0 Å². The van der Waals surface area contributed by atoms with Gasteiger partial charge in [0, 0.05) is 6.20 Å². The van der Waals surface area contributed by atoms with Crippen molar-refractivity contribution in [3.63, 3.8) is 0 Å². The smallest absolute Gasteiger partial charge is 0.307 e. The molecule has 0 amide bonds. The van der Waals surface area contributed by atoms with Crippen LogP contribution in [0.1, 0.15) is 17.6 Å². The Morgan fingerprint density at radius 2 is 2.29 bits per heavy atom. The number of carboxylic acids is 1. The molecule has 1 N–H and O–H groups in total. The Kier molecular flexibility index (Phi) is 3.51. The minimum absolute atomic E-state index is 0.00810. The highest BCUT2D eigenvalue weighted by molar-refractivity contribution is 9.10. The minimum atomic E-state index is -2.73. The molecule has 0 unspecified atom stereocenters. The number of carbonyl (C=O) groups is 1. The maximum atomic E-state index is 12.5. The van der Waals surface area contributed by atoms with Crippen molar-refractivity contribution >= 4 is 21.9 Å². The van der Waals surface area contributed by atoms with Crippen LogP contribution in [0, 0.1) is 0 Å². The van der Waals surface area contributed by atoms with Gasteiger partial charge in [0.25, 0.3) is 6.43 Å². The Morgan fingerprint density at radius 1 is 1.64 bits per heavy atom. The Bertz CT molecular complexity index is 357. The summed E-state index contributed by atoms with van der Waals surface area (Å²) in [5.74, 6) is -1.15. The number of rotatable bonds is 3. The number of alkyl halides is 2. The fourth-order valence-electron chi connectivity index (χ4n) is 1.03. The van der Waals surface area contributed by atoms with Crippen molar-refractivity contribution in [3.8, 4) is 0 Å². The predicted molar refractivity (Wildman–Crippen MR) is 48.2 cm³/mol. The molecular formula is C8H6BrF2NO2. The highest BCUT2D eigenvalue weighted by atomic mass is 79.9. The number of nitrogens with zero attached hydrogens (tertiary/aromatic N) is 1. The van der Waals surface area contributed by atoms with Gasteiger partial charge in [-0.25, -0.2) is 13.8 Å². The first kappa shape index (κ1) is 11.0. The molecular weight excluding hydrogens is 260 g/mol. The molecule has 0 aromatic carbocycles. The van der Waals surface area contributed by atoms with Gasteiger partial charge in [0.05, 0.1) is 12.0 Å². The summed E-state index contributed by atoms with van der Waals surface area (Å²) in [4.78, 5) is 14.0. The zero-order chi connectivity index (χ0) is 10.7. The largest absolute Gasteiger partial charge is 0.481 e. The van der Waals surface area contributed by atoms with E-state index in [0.717, 1.165) is 0 Å². The quantitative estimate of drug-likeness (QED) is 0.854. The van der Waals surface area contributed by atoms with Gasteiger partial charge in [-0.1, -0.05) is 0 Å². The lowest BCUT2D eigenvalue weighted by molar-refractivity contribution is -0.136. The van der Waals surface area contributed by atoms with E-state index in [0.29, 0.717) is 0 Å². The Balaban J connectivity index is 3.14. The molecule has 0 spiro atoms. The fourth-order valence-corrected chi connectivity index (χ4v) is 1.58. The third-order valence-electron chi connectivity index (χ3n) is 1.59. The number of hydrogen-bond acceptors (Lipinski definition) is 2. The maximum absolute atomic E-state index is 12.5. The average Bonchev–Trinajstić information content (AvgIpc) is 2.01. The first-order valence-corrected chi connectivity index (χ1v) is 4.45. The summed E-state index contributed by atoms with van der Waals surface area (Å²) in [5.41, 5.74) is -0.274. The molecule has 0 saturated heterocycles. The van der Waals surface area contributed by atoms with Crippen LogP contribution in [-0.2, 0) is 11.2 Å². The zero-order valence-electron chi connectivity index (χ0n) is 6.88. The van der Waals surface area contributed by atoms with Crippen LogP contribution < -0.4 is 0 Å². The topological polar surface area (TPSA) is 50.2 Å². The first-order valence-electron chi connectivity index (χ1n) is 3.65. The first-order chi connectivity index (χ1) is 6.52. The van der Waals surface area contributed by atoms with E-state index in [1.165, 1.54) is 12.3 Å². The van der Waals surface area contributed by atoms with Crippen molar-refractivity contribution in [1.29, 1.82) is 0 Å². The second kappa shape index (κ2) is 4.45. The van der Waals surface area contributed by atoms with E-state index >= 15 is 0 Å². The molecule has 14 heavy (non-hydrogen) atoms. The van der Waals surface area contributed by atoms with Gasteiger partial charge in [-0.05, 0) is 27.6 Å². The number of pyridine rings is 1. The molecule has 0 saturated carbocycles. The summed E-state index contributed by atoms with van der Waals surface area (Å²) in [6.45, 7) is 0. The molecule has 0 fully saturated rings. The number of hydrogen-bond donors (Lipinski definition) is 1. The molecule has 1 rings (SSSR count). The molecule has 1 aromatic heterocycles. The Labute approximate surface area is 86.9 Å². The minimum Gasteiger partial charge on any atom is -0.481 e. The summed E-state index contributed by atoms with van der Waals surface area (Å²) in [7, 11) is 0. The van der Waals surface area contributed by atoms with E-state index in [4.69, 9.17) is 5.11 Å². The normalized spacial score (nSPS) is 10.6. The summed E-state index contributed by atoms with van der Waals surface area (Å²) in [5, 5.41) is 8.48. The number of aromatic nitrogens is 1. The van der Waals surface area contributed by atoms with Crippen LogP contribution in [0.4, 0.5) is 8.78 Å². The van der Waals surface area contributed by atoms with Crippen LogP contribution in [0.3, 0.4) is 0 Å². The SMILES string of the molecule is O=C(O)Cc1ccnc(Br)c1C(F)F. The molecule has 0 aliphatic carbocycles. The molecule has 6 heteroatoms. The fraction of sp³-hybridized carbons (Fsp3) is 0.250. The second-order valence-corrected chi connectivity index (χ2v) is 3.30. The molecule has 0 bridgehead atoms. The summed E-state index contributed by atoms with van der Waals surface area (Å²) >= 11 is 2.85. The van der Waals surface area contributed by atoms with Crippen LogP contribution in [-0.4, -0.2) is 16.1 Å². The van der Waals surface area contributed by atoms with Crippen molar-refractivity contribution in [1.82, 2.24) is 4.98 Å². The molecule has 1 aromatic rings. The molecule has 0 radical (unpaired) electrons. The zero-order valence-corrected chi connectivity index (χ0v) is 8.46. The number of aliphatic carboxylic acids is 1. The molecule has 0 aliphatic rings. The van der Waals surface area contributed by atoms with Gasteiger partial charge in [0.2, 0.25) is 0 Å².